The summed E-state index contributed by atoms with van der Waals surface area (Å²) < 4.78 is 16.6. The first-order valence-electron chi connectivity index (χ1n) is 13.9. The Bertz CT molecular complexity index is 1570. The number of rotatable bonds is 10. The lowest BCUT2D eigenvalue weighted by Gasteiger charge is -2.32. The smallest absolute Gasteiger partial charge is 0.272 e. The summed E-state index contributed by atoms with van der Waals surface area (Å²) >= 11 is 0. The molecule has 3 aromatic rings. The number of carbonyl (C=O) groups excluding carboxylic acids is 3. The number of anilines is 3. The molecule has 2 aliphatic rings. The van der Waals surface area contributed by atoms with E-state index < -0.39 is 16.6 Å². The summed E-state index contributed by atoms with van der Waals surface area (Å²) in [6.45, 7) is 5.32. The number of hydrogen-bond acceptors (Lipinski definition) is 11. The minimum Gasteiger partial charge on any atom is -0.494 e. The van der Waals surface area contributed by atoms with Crippen LogP contribution in [0.15, 0.2) is 28.8 Å². The molecular formula is C27H29B3N8O6. The van der Waals surface area contributed by atoms with Gasteiger partial charge in [-0.2, -0.15) is 4.98 Å². The third-order valence-electron chi connectivity index (χ3n) is 7.06. The van der Waals surface area contributed by atoms with Gasteiger partial charge in [0.1, 0.15) is 5.41 Å². The normalized spacial score (nSPS) is 15.4. The maximum Gasteiger partial charge on any atom is 0.272 e. The lowest BCUT2D eigenvalue weighted by atomic mass is 9.49. The van der Waals surface area contributed by atoms with Gasteiger partial charge in [-0.25, -0.2) is 0 Å². The molecule has 1 saturated carbocycles. The van der Waals surface area contributed by atoms with Gasteiger partial charge in [-0.3, -0.25) is 14.4 Å². The average molecular weight is 594 g/mol. The van der Waals surface area contributed by atoms with E-state index in [-0.39, 0.29) is 52.4 Å². The summed E-state index contributed by atoms with van der Waals surface area (Å²) in [7, 11) is 18.1. The molecule has 5 rings (SSSR count). The highest BCUT2D eigenvalue weighted by molar-refractivity contribution is 6.60. The van der Waals surface area contributed by atoms with Crippen molar-refractivity contribution in [2.24, 2.45) is 5.92 Å². The number of para-hydroxylation sites is 1. The van der Waals surface area contributed by atoms with Gasteiger partial charge in [-0.15, -0.1) is 10.2 Å². The maximum absolute atomic E-state index is 13.3. The first-order valence-corrected chi connectivity index (χ1v) is 13.9. The zero-order valence-electron chi connectivity index (χ0n) is 24.5. The third-order valence-corrected chi connectivity index (χ3v) is 7.06. The molecule has 3 N–H and O–H groups in total. The summed E-state index contributed by atoms with van der Waals surface area (Å²) in [4.78, 5) is 44.8. The quantitative estimate of drug-likeness (QED) is 0.281. The fourth-order valence-corrected chi connectivity index (χ4v) is 4.56. The number of aromatic nitrogens is 4. The molecule has 0 atom stereocenters. The van der Waals surface area contributed by atoms with Crippen LogP contribution in [0.1, 0.15) is 43.1 Å². The van der Waals surface area contributed by atoms with Gasteiger partial charge in [-0.05, 0) is 38.8 Å². The molecule has 0 spiro atoms. The minimum absolute atomic E-state index is 0.0886. The van der Waals surface area contributed by atoms with E-state index in [2.05, 4.69) is 36.3 Å². The van der Waals surface area contributed by atoms with Crippen LogP contribution in [0, 0.1) is 5.92 Å². The Kier molecular flexibility index (Phi) is 8.68. The Balaban J connectivity index is 1.46. The summed E-state index contributed by atoms with van der Waals surface area (Å²) in [5, 5.41) is 18.1. The fraction of sp³-hybridized carbons (Fsp3) is 0.444. The highest BCUT2D eigenvalue weighted by Gasteiger charge is 2.40. The summed E-state index contributed by atoms with van der Waals surface area (Å²) in [5.41, 5.74) is -0.363. The summed E-state index contributed by atoms with van der Waals surface area (Å²) in [6, 6.07) is 6.53. The Morgan fingerprint density at radius 1 is 1.07 bits per heavy atom. The fourth-order valence-electron chi connectivity index (χ4n) is 4.56. The number of carbonyl (C=O) groups is 3. The number of hydrogen-bond donors (Lipinski definition) is 3. The Hall–Kier alpha value is -4.40. The molecule has 222 valence electrons. The Morgan fingerprint density at radius 3 is 2.45 bits per heavy atom. The zero-order chi connectivity index (χ0) is 31.6. The molecule has 14 nitrogen and oxygen atoms in total. The van der Waals surface area contributed by atoms with Gasteiger partial charge >= 0.3 is 0 Å². The second-order valence-corrected chi connectivity index (χ2v) is 11.1. The molecule has 1 saturated heterocycles. The van der Waals surface area contributed by atoms with E-state index in [0.29, 0.717) is 37.6 Å². The van der Waals surface area contributed by atoms with Crippen LogP contribution in [-0.4, -0.2) is 105 Å². The predicted molar refractivity (Wildman–Crippen MR) is 161 cm³/mol. The van der Waals surface area contributed by atoms with Crippen molar-refractivity contribution in [3.8, 4) is 17.1 Å². The number of nitrogens with zero attached hydrogens (tertiary/aromatic N) is 5. The van der Waals surface area contributed by atoms with Gasteiger partial charge in [0.2, 0.25) is 23.5 Å². The zero-order valence-corrected chi connectivity index (χ0v) is 24.5. The lowest BCUT2D eigenvalue weighted by molar-refractivity contribution is -0.141. The molecule has 2 aromatic heterocycles. The van der Waals surface area contributed by atoms with E-state index in [0.717, 1.165) is 12.8 Å². The van der Waals surface area contributed by atoms with Gasteiger partial charge in [-0.1, -0.05) is 16.5 Å². The van der Waals surface area contributed by atoms with Crippen LogP contribution in [-0.2, 0) is 19.7 Å². The second-order valence-electron chi connectivity index (χ2n) is 11.1. The van der Waals surface area contributed by atoms with Gasteiger partial charge in [0.25, 0.3) is 5.91 Å². The molecule has 6 radical (unpaired) electrons. The van der Waals surface area contributed by atoms with Crippen molar-refractivity contribution in [1.29, 1.82) is 0 Å². The summed E-state index contributed by atoms with van der Waals surface area (Å²) in [6.07, 6.45) is 1.58. The van der Waals surface area contributed by atoms with Crippen LogP contribution < -0.4 is 20.7 Å². The molecule has 1 aliphatic carbocycles. The van der Waals surface area contributed by atoms with Gasteiger partial charge < -0.3 is 34.8 Å². The van der Waals surface area contributed by atoms with Gasteiger partial charge in [0, 0.05) is 25.1 Å². The number of morpholine rings is 1. The molecule has 3 heterocycles. The number of nitrogens with one attached hydrogen (secondary N) is 3. The molecule has 2 fully saturated rings. The van der Waals surface area contributed by atoms with E-state index in [1.165, 1.54) is 13.2 Å². The Labute approximate surface area is 257 Å². The SMILES string of the molecule is [B]C([B])([B])NC(=O)c1nnc(NC(=O)C2CC2)cc1Nc1cccc(-c2noc(C(C)(C)C(=O)N3CCOCC3)n2)c1OC. The number of ether oxygens (including phenoxy) is 2. The average Bonchev–Trinajstić information content (AvgIpc) is 3.72. The van der Waals surface area contributed by atoms with Crippen LogP contribution in [0.3, 0.4) is 0 Å². The molecule has 1 aliphatic heterocycles. The van der Waals surface area contributed by atoms with Crippen LogP contribution in [0.5, 0.6) is 5.75 Å². The van der Waals surface area contributed by atoms with Crippen molar-refractivity contribution in [3.63, 3.8) is 0 Å². The van der Waals surface area contributed by atoms with Crippen molar-refractivity contribution >= 4 is 58.5 Å². The van der Waals surface area contributed by atoms with Crippen molar-refractivity contribution in [2.45, 2.75) is 37.3 Å². The number of amides is 3. The summed E-state index contributed by atoms with van der Waals surface area (Å²) in [5.74, 6) is -0.560. The molecular weight excluding hydrogens is 565 g/mol. The van der Waals surface area contributed by atoms with Crippen LogP contribution in [0.2, 0.25) is 0 Å². The molecule has 17 heteroatoms. The molecule has 44 heavy (non-hydrogen) atoms. The number of methoxy groups -OCH3 is 1. The maximum atomic E-state index is 13.3. The van der Waals surface area contributed by atoms with Crippen molar-refractivity contribution in [2.75, 3.05) is 44.0 Å². The third kappa shape index (κ3) is 6.88. The van der Waals surface area contributed by atoms with E-state index >= 15 is 0 Å². The molecule has 0 bridgehead atoms. The van der Waals surface area contributed by atoms with E-state index in [4.69, 9.17) is 37.5 Å². The first-order chi connectivity index (χ1) is 20.9. The standard InChI is InChI=1S/C27H29B3N8O6/c1-26(2,25(41)38-9-11-43-12-10-38)24-33-21(37-44-24)15-5-4-6-16(20(15)42-3)31-17-13-18(32-22(39)14-7-8-14)35-36-19(17)23(40)34-27(28,29)30/h4-6,13-14H,7-12H2,1-3H3,(H,34,40)(H2,31,32,35,39). The monoisotopic (exact) mass is 594 g/mol. The van der Waals surface area contributed by atoms with Crippen LogP contribution >= 0.6 is 0 Å². The lowest BCUT2D eigenvalue weighted by Crippen LogP contribution is -2.50. The number of benzene rings is 1. The minimum atomic E-state index is -2.03. The van der Waals surface area contributed by atoms with E-state index in [1.54, 1.807) is 36.9 Å². The molecule has 0 unspecified atom stereocenters. The van der Waals surface area contributed by atoms with Crippen LogP contribution in [0.4, 0.5) is 17.2 Å². The van der Waals surface area contributed by atoms with Crippen LogP contribution in [0.25, 0.3) is 11.4 Å². The van der Waals surface area contributed by atoms with Crippen molar-refractivity contribution in [1.82, 2.24) is 30.6 Å². The van der Waals surface area contributed by atoms with Gasteiger partial charge in [0.15, 0.2) is 17.3 Å². The van der Waals surface area contributed by atoms with Gasteiger partial charge in [0.05, 0.1) is 60.8 Å². The van der Waals surface area contributed by atoms with E-state index in [1.807, 2.05) is 0 Å². The largest absolute Gasteiger partial charge is 0.494 e. The molecule has 3 amide bonds. The van der Waals surface area contributed by atoms with E-state index in [9.17, 15) is 14.4 Å². The second kappa shape index (κ2) is 12.3. The van der Waals surface area contributed by atoms with Crippen molar-refractivity contribution in [3.05, 3.63) is 35.9 Å². The van der Waals surface area contributed by atoms with Crippen molar-refractivity contribution < 1.29 is 28.4 Å². The predicted octanol–water partition coefficient (Wildman–Crippen LogP) is 0.610. The highest BCUT2D eigenvalue weighted by Crippen LogP contribution is 2.38. The first kappa shape index (κ1) is 31.0. The highest BCUT2D eigenvalue weighted by atomic mass is 16.5. The topological polar surface area (TPSA) is 174 Å². The Morgan fingerprint density at radius 2 is 1.80 bits per heavy atom. The molecule has 1 aromatic carbocycles.